The molecule has 2 N–H and O–H groups in total. The lowest BCUT2D eigenvalue weighted by molar-refractivity contribution is 0.0918. The smallest absolute Gasteiger partial charge is 0.254 e. The molecular formula is C23H30N4O3. The van der Waals surface area contributed by atoms with Crippen molar-refractivity contribution in [1.29, 1.82) is 0 Å². The molecule has 2 aromatic rings. The fraction of sp³-hybridized carbons (Fsp3) is 0.478. The van der Waals surface area contributed by atoms with Crippen molar-refractivity contribution in [1.82, 2.24) is 20.2 Å². The van der Waals surface area contributed by atoms with Gasteiger partial charge in [-0.2, -0.15) is 5.10 Å². The lowest BCUT2D eigenvalue weighted by atomic mass is 9.97. The third-order valence-electron chi connectivity index (χ3n) is 6.22. The van der Waals surface area contributed by atoms with Crippen molar-refractivity contribution in [2.45, 2.75) is 45.8 Å². The van der Waals surface area contributed by atoms with Crippen molar-refractivity contribution >= 4 is 11.4 Å². The molecule has 3 heterocycles. The van der Waals surface area contributed by atoms with Crippen LogP contribution < -0.4 is 10.6 Å². The fourth-order valence-electron chi connectivity index (χ4n) is 4.46. The highest BCUT2D eigenvalue weighted by Crippen LogP contribution is 2.44. The number of fused-ring (bicyclic) bond motifs is 1. The second kappa shape index (κ2) is 8.14. The first-order chi connectivity index (χ1) is 14.5. The van der Waals surface area contributed by atoms with Crippen LogP contribution in [0.2, 0.25) is 0 Å². The summed E-state index contributed by atoms with van der Waals surface area (Å²) in [5, 5.41) is 10.9. The van der Waals surface area contributed by atoms with Crippen LogP contribution in [0.25, 0.3) is 5.52 Å². The largest absolute Gasteiger partial charge is 0.496 e. The molecule has 4 rings (SSSR count). The number of aromatic nitrogens is 2. The number of nitrogens with one attached hydrogen (secondary N) is 2. The first-order valence-corrected chi connectivity index (χ1v) is 10.4. The second-order valence-corrected chi connectivity index (χ2v) is 8.20. The number of carbonyl (C=O) groups is 1. The van der Waals surface area contributed by atoms with Crippen LogP contribution in [0.3, 0.4) is 0 Å². The Bertz CT molecular complexity index is 1030. The molecule has 0 bridgehead atoms. The average Bonchev–Trinajstić information content (AvgIpc) is 3.54. The molecule has 2 aliphatic rings. The van der Waals surface area contributed by atoms with Crippen LogP contribution in [0.5, 0.6) is 0 Å². The van der Waals surface area contributed by atoms with Gasteiger partial charge in [-0.05, 0) is 56.4 Å². The first-order valence-electron chi connectivity index (χ1n) is 10.4. The van der Waals surface area contributed by atoms with E-state index in [0.717, 1.165) is 28.0 Å². The van der Waals surface area contributed by atoms with E-state index in [-0.39, 0.29) is 12.1 Å². The normalized spacial score (nSPS) is 20.0. The topological polar surface area (TPSA) is 76.9 Å². The molecule has 0 saturated heterocycles. The van der Waals surface area contributed by atoms with Gasteiger partial charge in [0.1, 0.15) is 5.76 Å². The number of dihydropyridines is 1. The zero-order valence-corrected chi connectivity index (χ0v) is 18.3. The zero-order chi connectivity index (χ0) is 21.4. The summed E-state index contributed by atoms with van der Waals surface area (Å²) in [6.45, 7) is 6.54. The highest BCUT2D eigenvalue weighted by molar-refractivity contribution is 6.03. The standard InChI is InChI=1S/C23H30N4O3/c1-13-11-19(29-4)17(23(26-13)30-5)12-24-22(28)20-15(3)21(14(2)16-8-9-16)27-18(20)7-6-10-25-27/h6-7,10-11,14,16,23,26H,8-9,12H2,1-5H3,(H,24,28). The minimum Gasteiger partial charge on any atom is -0.496 e. The zero-order valence-electron chi connectivity index (χ0n) is 18.3. The number of allylic oxidation sites excluding steroid dienone is 2. The van der Waals surface area contributed by atoms with Crippen LogP contribution in [0.15, 0.2) is 41.4 Å². The van der Waals surface area contributed by atoms with Gasteiger partial charge in [0.25, 0.3) is 5.91 Å². The van der Waals surface area contributed by atoms with E-state index >= 15 is 0 Å². The van der Waals surface area contributed by atoms with Crippen molar-refractivity contribution in [3.63, 3.8) is 0 Å². The third-order valence-corrected chi connectivity index (χ3v) is 6.22. The van der Waals surface area contributed by atoms with Gasteiger partial charge in [-0.25, -0.2) is 4.52 Å². The molecule has 2 aromatic heterocycles. The Morgan fingerprint density at radius 3 is 2.80 bits per heavy atom. The van der Waals surface area contributed by atoms with Crippen LogP contribution in [0.4, 0.5) is 0 Å². The van der Waals surface area contributed by atoms with E-state index in [4.69, 9.17) is 9.47 Å². The molecule has 30 heavy (non-hydrogen) atoms. The van der Waals surface area contributed by atoms with Crippen LogP contribution in [-0.4, -0.2) is 42.5 Å². The molecule has 1 fully saturated rings. The minimum absolute atomic E-state index is 0.115. The second-order valence-electron chi connectivity index (χ2n) is 8.20. The molecule has 1 saturated carbocycles. The Morgan fingerprint density at radius 1 is 1.37 bits per heavy atom. The Hall–Kier alpha value is -2.80. The summed E-state index contributed by atoms with van der Waals surface area (Å²) in [7, 11) is 3.26. The first kappa shape index (κ1) is 20.5. The molecule has 7 heteroatoms. The summed E-state index contributed by atoms with van der Waals surface area (Å²) < 4.78 is 13.0. The van der Waals surface area contributed by atoms with Crippen molar-refractivity contribution in [2.75, 3.05) is 20.8 Å². The molecule has 2 unspecified atom stereocenters. The SMILES string of the molecule is COC1=C(CNC(=O)c2c(C)c(C(C)C3CC3)n3ncccc23)C(OC)NC(C)=C1. The number of amides is 1. The number of hydrogen-bond acceptors (Lipinski definition) is 5. The van der Waals surface area contributed by atoms with Crippen LogP contribution in [-0.2, 0) is 9.47 Å². The lowest BCUT2D eigenvalue weighted by Gasteiger charge is -2.27. The van der Waals surface area contributed by atoms with E-state index in [9.17, 15) is 4.79 Å². The van der Waals surface area contributed by atoms with Gasteiger partial charge in [0.2, 0.25) is 0 Å². The van der Waals surface area contributed by atoms with Gasteiger partial charge in [0.15, 0.2) is 6.23 Å². The van der Waals surface area contributed by atoms with Crippen molar-refractivity contribution in [2.24, 2.45) is 5.92 Å². The van der Waals surface area contributed by atoms with Gasteiger partial charge < -0.3 is 20.1 Å². The van der Waals surface area contributed by atoms with Gasteiger partial charge >= 0.3 is 0 Å². The predicted octanol–water partition coefficient (Wildman–Crippen LogP) is 3.27. The molecule has 1 amide bonds. The highest BCUT2D eigenvalue weighted by atomic mass is 16.5. The monoisotopic (exact) mass is 410 g/mol. The summed E-state index contributed by atoms with van der Waals surface area (Å²) >= 11 is 0. The van der Waals surface area contributed by atoms with Gasteiger partial charge in [-0.15, -0.1) is 0 Å². The van der Waals surface area contributed by atoms with Gasteiger partial charge in [-0.1, -0.05) is 6.92 Å². The predicted molar refractivity (Wildman–Crippen MR) is 115 cm³/mol. The lowest BCUT2D eigenvalue weighted by Crippen LogP contribution is -2.40. The number of carbonyl (C=O) groups excluding carboxylic acids is 1. The Balaban J connectivity index is 1.65. The number of hydrogen-bond donors (Lipinski definition) is 2. The van der Waals surface area contributed by atoms with Crippen LogP contribution in [0, 0.1) is 12.8 Å². The molecule has 160 valence electrons. The minimum atomic E-state index is -0.343. The van der Waals surface area contributed by atoms with E-state index in [1.807, 2.05) is 36.6 Å². The molecule has 0 aromatic carbocycles. The van der Waals surface area contributed by atoms with Gasteiger partial charge in [0, 0.05) is 42.7 Å². The van der Waals surface area contributed by atoms with Gasteiger partial charge in [-0.3, -0.25) is 4.79 Å². The molecule has 1 aliphatic carbocycles. The summed E-state index contributed by atoms with van der Waals surface area (Å²) in [5.74, 6) is 1.66. The average molecular weight is 411 g/mol. The van der Waals surface area contributed by atoms with Crippen LogP contribution in [0.1, 0.15) is 54.2 Å². The van der Waals surface area contributed by atoms with Crippen molar-refractivity contribution in [3.05, 3.63) is 58.3 Å². The maximum atomic E-state index is 13.3. The number of methoxy groups -OCH3 is 2. The maximum Gasteiger partial charge on any atom is 0.254 e. The summed E-state index contributed by atoms with van der Waals surface area (Å²) in [4.78, 5) is 13.3. The van der Waals surface area contributed by atoms with E-state index in [0.29, 0.717) is 29.7 Å². The molecule has 1 aliphatic heterocycles. The highest BCUT2D eigenvalue weighted by Gasteiger charge is 2.34. The Labute approximate surface area is 177 Å². The van der Waals surface area contributed by atoms with E-state index in [1.54, 1.807) is 20.4 Å². The molecule has 0 radical (unpaired) electrons. The maximum absolute atomic E-state index is 13.3. The molecule has 2 atom stereocenters. The number of nitrogens with zero attached hydrogens (tertiary/aromatic N) is 2. The van der Waals surface area contributed by atoms with E-state index in [2.05, 4.69) is 22.7 Å². The van der Waals surface area contributed by atoms with Crippen LogP contribution >= 0.6 is 0 Å². The quantitative estimate of drug-likeness (QED) is 0.733. The van der Waals surface area contributed by atoms with E-state index < -0.39 is 0 Å². The van der Waals surface area contributed by atoms with Crippen molar-refractivity contribution < 1.29 is 14.3 Å². The number of rotatable bonds is 7. The molecule has 0 spiro atoms. The molecule has 7 nitrogen and oxygen atoms in total. The fourth-order valence-corrected chi connectivity index (χ4v) is 4.46. The molecular weight excluding hydrogens is 380 g/mol. The van der Waals surface area contributed by atoms with Crippen molar-refractivity contribution in [3.8, 4) is 0 Å². The Kier molecular flexibility index (Phi) is 5.56. The Morgan fingerprint density at radius 2 is 2.13 bits per heavy atom. The summed E-state index contributed by atoms with van der Waals surface area (Å²) in [5.41, 5.74) is 5.49. The summed E-state index contributed by atoms with van der Waals surface area (Å²) in [6.07, 6.45) is 5.83. The van der Waals surface area contributed by atoms with Gasteiger partial charge in [0.05, 0.1) is 18.2 Å². The number of ether oxygens (including phenoxy) is 2. The van der Waals surface area contributed by atoms with E-state index in [1.165, 1.54) is 12.8 Å². The summed E-state index contributed by atoms with van der Waals surface area (Å²) in [6, 6.07) is 3.84. The third kappa shape index (κ3) is 3.58.